The lowest BCUT2D eigenvalue weighted by molar-refractivity contribution is -0.137. The van der Waals surface area contributed by atoms with Crippen LogP contribution in [0.3, 0.4) is 0 Å². The van der Waals surface area contributed by atoms with Gasteiger partial charge in [-0.15, -0.1) is 0 Å². The number of hydrogen-bond donors (Lipinski definition) is 3. The number of nitrogens with two attached hydrogens (primary N) is 3. The van der Waals surface area contributed by atoms with Crippen molar-refractivity contribution in [3.63, 3.8) is 0 Å². The molecule has 0 bridgehead atoms. The molecular formula is C22H45N5O2. The van der Waals surface area contributed by atoms with Crippen molar-refractivity contribution in [3.05, 3.63) is 0 Å². The topological polar surface area (TPSA) is 119 Å². The molecule has 3 rings (SSSR count). The number of carbonyl (C=O) groups excluding carboxylic acids is 2. The molecule has 1 heterocycles. The van der Waals surface area contributed by atoms with Crippen LogP contribution in [0.15, 0.2) is 0 Å². The molecule has 1 aliphatic heterocycles. The highest BCUT2D eigenvalue weighted by molar-refractivity contribution is 5.82. The van der Waals surface area contributed by atoms with Crippen LogP contribution in [0.5, 0.6) is 0 Å². The summed E-state index contributed by atoms with van der Waals surface area (Å²) in [4.78, 5) is 22.9. The van der Waals surface area contributed by atoms with Gasteiger partial charge in [-0.3, -0.25) is 15.4 Å². The summed E-state index contributed by atoms with van der Waals surface area (Å²) < 4.78 is 0. The fourth-order valence-corrected chi connectivity index (χ4v) is 4.23. The number of hydrogen-bond acceptors (Lipinski definition) is 5. The summed E-state index contributed by atoms with van der Waals surface area (Å²) in [5.41, 5.74) is 10.9. The molecule has 0 aromatic heterocycles. The standard InChI is InChI=1S/C13H26N4O.C8H16.CH3NO/c1-9-4-3-7-16(9)13(18)10(2)17(15)8-12(14)11-5-6-11;1-8(2)6-4-3-5-7-8;2-1-3/h9-12H,3-8,14-15H2,1-2H3;3-7H2,1-2H3;1H,(H2,2,3). The highest BCUT2D eigenvalue weighted by atomic mass is 16.2. The molecule has 3 atom stereocenters. The summed E-state index contributed by atoms with van der Waals surface area (Å²) in [6.45, 7) is 10.2. The minimum atomic E-state index is -0.268. The number of rotatable bonds is 5. The predicted molar refractivity (Wildman–Crippen MR) is 119 cm³/mol. The Morgan fingerprint density at radius 3 is 2.10 bits per heavy atom. The Kier molecular flexibility index (Phi) is 11.1. The van der Waals surface area contributed by atoms with E-state index in [-0.39, 0.29) is 24.4 Å². The Morgan fingerprint density at radius 2 is 1.72 bits per heavy atom. The van der Waals surface area contributed by atoms with Crippen LogP contribution in [0.2, 0.25) is 0 Å². The molecule has 3 aliphatic rings. The van der Waals surface area contributed by atoms with Crippen LogP contribution >= 0.6 is 0 Å². The van der Waals surface area contributed by atoms with Crippen molar-refractivity contribution in [1.82, 2.24) is 9.91 Å². The number of primary amides is 1. The van der Waals surface area contributed by atoms with Gasteiger partial charge in [0, 0.05) is 25.2 Å². The molecule has 2 saturated carbocycles. The van der Waals surface area contributed by atoms with Gasteiger partial charge in [0.15, 0.2) is 0 Å². The summed E-state index contributed by atoms with van der Waals surface area (Å²) in [6, 6.07) is 0.196. The lowest BCUT2D eigenvalue weighted by Gasteiger charge is -2.31. The number of likely N-dealkylation sites (tertiary alicyclic amines) is 1. The highest BCUT2D eigenvalue weighted by Gasteiger charge is 2.34. The van der Waals surface area contributed by atoms with Crippen molar-refractivity contribution in [2.24, 2.45) is 28.6 Å². The maximum absolute atomic E-state index is 12.3. The Morgan fingerprint density at radius 1 is 1.17 bits per heavy atom. The maximum atomic E-state index is 12.3. The van der Waals surface area contributed by atoms with Crippen LogP contribution in [0.1, 0.15) is 85.5 Å². The van der Waals surface area contributed by atoms with Crippen LogP contribution in [0.4, 0.5) is 0 Å². The van der Waals surface area contributed by atoms with Gasteiger partial charge in [0.05, 0.1) is 0 Å². The zero-order valence-electron chi connectivity index (χ0n) is 19.1. The summed E-state index contributed by atoms with van der Waals surface area (Å²) in [7, 11) is 0. The molecule has 7 heteroatoms. The van der Waals surface area contributed by atoms with Crippen LogP contribution in [0, 0.1) is 11.3 Å². The van der Waals surface area contributed by atoms with E-state index in [2.05, 4.69) is 26.5 Å². The van der Waals surface area contributed by atoms with Crippen molar-refractivity contribution < 1.29 is 9.59 Å². The van der Waals surface area contributed by atoms with E-state index in [1.165, 1.54) is 44.9 Å². The van der Waals surface area contributed by atoms with Crippen molar-refractivity contribution >= 4 is 12.3 Å². The minimum Gasteiger partial charge on any atom is -0.372 e. The summed E-state index contributed by atoms with van der Waals surface area (Å²) in [6.07, 6.45) is 12.2. The Bertz CT molecular complexity index is 488. The molecule has 6 N–H and O–H groups in total. The van der Waals surface area contributed by atoms with Crippen molar-refractivity contribution in [1.29, 1.82) is 0 Å². The zero-order valence-corrected chi connectivity index (χ0v) is 19.1. The fourth-order valence-electron chi connectivity index (χ4n) is 4.23. The summed E-state index contributed by atoms with van der Waals surface area (Å²) in [5.74, 6) is 6.76. The van der Waals surface area contributed by atoms with Gasteiger partial charge in [-0.1, -0.05) is 33.1 Å². The zero-order chi connectivity index (χ0) is 22.0. The van der Waals surface area contributed by atoms with Gasteiger partial charge in [0.2, 0.25) is 12.3 Å². The van der Waals surface area contributed by atoms with Crippen LogP contribution in [-0.2, 0) is 9.59 Å². The lowest BCUT2D eigenvalue weighted by atomic mass is 9.78. The first-order valence-corrected chi connectivity index (χ1v) is 11.4. The molecule has 29 heavy (non-hydrogen) atoms. The van der Waals surface area contributed by atoms with Gasteiger partial charge in [0.25, 0.3) is 0 Å². The predicted octanol–water partition coefficient (Wildman–Crippen LogP) is 2.38. The molecule has 2 amide bonds. The van der Waals surface area contributed by atoms with Crippen molar-refractivity contribution in [2.75, 3.05) is 13.1 Å². The second-order valence-electron chi connectivity index (χ2n) is 9.76. The molecule has 3 unspecified atom stereocenters. The van der Waals surface area contributed by atoms with Gasteiger partial charge in [-0.05, 0) is 63.7 Å². The quantitative estimate of drug-likeness (QED) is 0.364. The highest BCUT2D eigenvalue weighted by Crippen LogP contribution is 2.34. The molecule has 0 aromatic rings. The number of carbonyl (C=O) groups is 2. The number of nitrogens with zero attached hydrogens (tertiary/aromatic N) is 2. The average Bonchev–Trinajstić information content (AvgIpc) is 3.43. The largest absolute Gasteiger partial charge is 0.372 e. The third-order valence-electron chi connectivity index (χ3n) is 6.55. The molecule has 2 aliphatic carbocycles. The molecule has 7 nitrogen and oxygen atoms in total. The first-order chi connectivity index (χ1) is 13.6. The van der Waals surface area contributed by atoms with E-state index in [1.54, 1.807) is 5.01 Å². The van der Waals surface area contributed by atoms with Gasteiger partial charge in [-0.2, -0.15) is 0 Å². The van der Waals surface area contributed by atoms with E-state index in [9.17, 15) is 4.79 Å². The monoisotopic (exact) mass is 411 g/mol. The van der Waals surface area contributed by atoms with Crippen molar-refractivity contribution in [2.45, 2.75) is 104 Å². The summed E-state index contributed by atoms with van der Waals surface area (Å²) in [5, 5.41) is 1.62. The minimum absolute atomic E-state index is 0.112. The van der Waals surface area contributed by atoms with E-state index in [1.807, 2.05) is 11.8 Å². The molecule has 0 aromatic carbocycles. The first-order valence-electron chi connectivity index (χ1n) is 11.4. The van der Waals surface area contributed by atoms with Crippen LogP contribution in [-0.4, -0.2) is 53.4 Å². The summed E-state index contributed by atoms with van der Waals surface area (Å²) >= 11 is 0. The Balaban J connectivity index is 0.000000317. The van der Waals surface area contributed by atoms with Crippen molar-refractivity contribution in [3.8, 4) is 0 Å². The van der Waals surface area contributed by atoms with E-state index in [0.717, 1.165) is 19.4 Å². The molecule has 0 radical (unpaired) electrons. The van der Waals surface area contributed by atoms with Crippen LogP contribution in [0.25, 0.3) is 0 Å². The normalized spacial score (nSPS) is 25.2. The number of hydrazine groups is 1. The van der Waals surface area contributed by atoms with Gasteiger partial charge in [0.1, 0.15) is 6.04 Å². The van der Waals surface area contributed by atoms with Gasteiger partial charge < -0.3 is 16.4 Å². The maximum Gasteiger partial charge on any atom is 0.241 e. The van der Waals surface area contributed by atoms with E-state index < -0.39 is 0 Å². The third-order valence-corrected chi connectivity index (χ3v) is 6.55. The first kappa shape index (κ1) is 25.9. The van der Waals surface area contributed by atoms with E-state index >= 15 is 0 Å². The van der Waals surface area contributed by atoms with Gasteiger partial charge >= 0.3 is 0 Å². The fraction of sp³-hybridized carbons (Fsp3) is 0.909. The molecule has 1 saturated heterocycles. The lowest BCUT2D eigenvalue weighted by Crippen LogP contribution is -2.54. The van der Waals surface area contributed by atoms with Gasteiger partial charge in [-0.25, -0.2) is 5.01 Å². The molecule has 3 fully saturated rings. The molecule has 170 valence electrons. The molecular weight excluding hydrogens is 366 g/mol. The smallest absolute Gasteiger partial charge is 0.241 e. The second-order valence-corrected chi connectivity index (χ2v) is 9.76. The Labute approximate surface area is 177 Å². The average molecular weight is 412 g/mol. The second kappa shape index (κ2) is 12.5. The van der Waals surface area contributed by atoms with E-state index in [0.29, 0.717) is 23.9 Å². The van der Waals surface area contributed by atoms with E-state index in [4.69, 9.17) is 16.4 Å². The molecule has 0 spiro atoms. The SMILES string of the molecule is CC(C(=O)N1CCCC1C)N(N)CC(N)C1CC1.CC1(C)CCCCC1.NC=O. The van der Waals surface area contributed by atoms with Crippen LogP contribution < -0.4 is 17.3 Å². The number of amides is 2. The third kappa shape index (κ3) is 9.45. The Hall–Kier alpha value is -1.18.